The van der Waals surface area contributed by atoms with E-state index in [9.17, 15) is 3.08 Å². The van der Waals surface area contributed by atoms with Gasteiger partial charge in [-0.25, -0.2) is 0 Å². The van der Waals surface area contributed by atoms with Gasteiger partial charge in [0.15, 0.2) is 0 Å². The van der Waals surface area contributed by atoms with Gasteiger partial charge >= 0.3 is 40.7 Å². The zero-order valence-electron chi connectivity index (χ0n) is 3.10. The number of hydrogen-bond acceptors (Lipinski definition) is 2. The van der Waals surface area contributed by atoms with Crippen LogP contribution in [-0.2, 0) is 7.81 Å². The Labute approximate surface area is 41.1 Å². The van der Waals surface area contributed by atoms with Crippen LogP contribution in [0.15, 0.2) is 0 Å². The predicted octanol–water partition coefficient (Wildman–Crippen LogP) is -0.628. The molecule has 0 atom stereocenters. The summed E-state index contributed by atoms with van der Waals surface area (Å²) in [7, 11) is 1.56. The Bertz CT molecular complexity index is 28.8. The van der Waals surface area contributed by atoms with Crippen molar-refractivity contribution in [3.63, 3.8) is 0 Å². The van der Waals surface area contributed by atoms with Crippen molar-refractivity contribution in [2.75, 3.05) is 11.7 Å². The molecule has 0 rings (SSSR count). The summed E-state index contributed by atoms with van der Waals surface area (Å²) in [6.45, 7) is 0. The third kappa shape index (κ3) is 4.56. The van der Waals surface area contributed by atoms with Gasteiger partial charge in [-0.2, -0.15) is 0 Å². The van der Waals surface area contributed by atoms with Crippen molar-refractivity contribution in [2.24, 2.45) is 0 Å². The van der Waals surface area contributed by atoms with Crippen LogP contribution in [0.2, 0.25) is 0 Å². The summed E-state index contributed by atoms with van der Waals surface area (Å²) in [6.07, 6.45) is 0. The van der Waals surface area contributed by atoms with E-state index in [1.54, 1.807) is 7.11 Å². The Kier molecular flexibility index (Phi) is 5.07. The molecule has 0 aliphatic heterocycles. The third-order valence-corrected chi connectivity index (χ3v) is 1.57. The van der Waals surface area contributed by atoms with Crippen LogP contribution >= 0.6 is 0 Å². The summed E-state index contributed by atoms with van der Waals surface area (Å²) in [5.41, 5.74) is 0. The zero-order valence-corrected chi connectivity index (χ0v) is 6.40. The topological polar surface area (TPSA) is 26.3 Å². The standard InChI is InChI=1S/C2H5O.O.Sn.H/c1-3-2;;;/h1H2,2H3;;;. The van der Waals surface area contributed by atoms with E-state index in [4.69, 9.17) is 0 Å². The maximum atomic E-state index is 9.59. The van der Waals surface area contributed by atoms with Crippen molar-refractivity contribution in [1.82, 2.24) is 0 Å². The fraction of sp³-hybridized carbons (Fsp3) is 1.00. The van der Waals surface area contributed by atoms with E-state index in [-0.39, 0.29) is 0 Å². The summed E-state index contributed by atoms with van der Waals surface area (Å²) in [5, 5.41) is 0. The van der Waals surface area contributed by atoms with Gasteiger partial charge in [0.25, 0.3) is 0 Å². The molecule has 0 spiro atoms. The first-order valence-corrected chi connectivity index (χ1v) is 5.02. The molecule has 0 aliphatic rings. The van der Waals surface area contributed by atoms with E-state index < -0.39 is 21.1 Å². The van der Waals surface area contributed by atoms with Gasteiger partial charge in [0.1, 0.15) is 0 Å². The molecule has 0 unspecified atom stereocenters. The van der Waals surface area contributed by atoms with Crippen LogP contribution in [0.5, 0.6) is 0 Å². The number of ether oxygens (including phenoxy) is 1. The molecule has 0 saturated heterocycles. The molecule has 0 bridgehead atoms. The molecule has 0 aromatic heterocycles. The molecule has 30 valence electrons. The summed E-state index contributed by atoms with van der Waals surface area (Å²) in [4.78, 5) is 0. The average molecular weight is 181 g/mol. The second kappa shape index (κ2) is 4.56. The fourth-order valence-corrected chi connectivity index (χ4v) is 0.456. The van der Waals surface area contributed by atoms with E-state index in [0.717, 1.165) is 0 Å². The van der Waals surface area contributed by atoms with Crippen molar-refractivity contribution in [2.45, 2.75) is 0 Å². The van der Waals surface area contributed by atoms with Gasteiger partial charge in [-0.05, 0) is 0 Å². The number of rotatable bonds is 2. The molecule has 0 saturated carbocycles. The van der Waals surface area contributed by atoms with Crippen LogP contribution in [0.4, 0.5) is 0 Å². The summed E-state index contributed by atoms with van der Waals surface area (Å²) in [5.74, 6) is 0. The average Bonchev–Trinajstić information content (AvgIpc) is 1.41. The summed E-state index contributed by atoms with van der Waals surface area (Å²) in [6, 6.07) is 0. The Hall–Kier alpha value is 0.559. The molecular formula is C2H6O2Sn. The van der Waals surface area contributed by atoms with Gasteiger partial charge in [-0.3, -0.25) is 0 Å². The number of methoxy groups -OCH3 is 1. The normalized spacial score (nSPS) is 7.40. The fourth-order valence-electron chi connectivity index (χ4n) is 0.0680. The van der Waals surface area contributed by atoms with Crippen LogP contribution in [0.1, 0.15) is 0 Å². The first-order valence-electron chi connectivity index (χ1n) is 1.34. The van der Waals surface area contributed by atoms with Gasteiger partial charge in [0.05, 0.1) is 0 Å². The molecule has 5 heavy (non-hydrogen) atoms. The third-order valence-electron chi connectivity index (χ3n) is 0.235. The van der Waals surface area contributed by atoms with Gasteiger partial charge in [-0.1, -0.05) is 0 Å². The minimum atomic E-state index is -1.40. The van der Waals surface area contributed by atoms with Crippen molar-refractivity contribution in [3.05, 3.63) is 0 Å². The first-order chi connectivity index (χ1) is 2.41. The SMILES string of the molecule is CO[CH2][SnH]=[O]. The molecule has 2 nitrogen and oxygen atoms in total. The van der Waals surface area contributed by atoms with Crippen LogP contribution in [0.25, 0.3) is 0 Å². The molecular weight excluding hydrogens is 175 g/mol. The van der Waals surface area contributed by atoms with Gasteiger partial charge in [0.2, 0.25) is 0 Å². The van der Waals surface area contributed by atoms with Gasteiger partial charge < -0.3 is 0 Å². The Morgan fingerprint density at radius 1 is 2.00 bits per heavy atom. The van der Waals surface area contributed by atoms with E-state index >= 15 is 0 Å². The molecule has 0 N–H and O–H groups in total. The Morgan fingerprint density at radius 2 is 2.60 bits per heavy atom. The molecule has 0 fully saturated rings. The van der Waals surface area contributed by atoms with E-state index in [1.165, 1.54) is 0 Å². The van der Waals surface area contributed by atoms with Crippen molar-refractivity contribution >= 4 is 21.1 Å². The minimum absolute atomic E-state index is 0.523. The summed E-state index contributed by atoms with van der Waals surface area (Å²) >= 11 is -1.40. The van der Waals surface area contributed by atoms with E-state index in [2.05, 4.69) is 4.74 Å². The van der Waals surface area contributed by atoms with Crippen LogP contribution in [-0.4, -0.2) is 32.9 Å². The number of hydrogen-bond donors (Lipinski definition) is 0. The zero-order chi connectivity index (χ0) is 4.12. The molecule has 0 radical (unpaired) electrons. The van der Waals surface area contributed by atoms with Gasteiger partial charge in [-0.15, -0.1) is 0 Å². The van der Waals surface area contributed by atoms with Crippen LogP contribution in [0, 0.1) is 0 Å². The van der Waals surface area contributed by atoms with Crippen molar-refractivity contribution in [1.29, 1.82) is 0 Å². The van der Waals surface area contributed by atoms with Crippen LogP contribution in [0.3, 0.4) is 0 Å². The Balaban J connectivity index is 2.40. The van der Waals surface area contributed by atoms with E-state index in [1.807, 2.05) is 0 Å². The second-order valence-electron chi connectivity index (χ2n) is 0.622. The quantitative estimate of drug-likeness (QED) is 0.530. The summed E-state index contributed by atoms with van der Waals surface area (Å²) < 4.78 is 14.6. The first kappa shape index (κ1) is 5.56. The maximum absolute atomic E-state index is 9.59. The molecule has 0 aromatic rings. The Morgan fingerprint density at radius 3 is 2.60 bits per heavy atom. The molecule has 3 heteroatoms. The monoisotopic (exact) mass is 182 g/mol. The second-order valence-corrected chi connectivity index (χ2v) is 2.52. The van der Waals surface area contributed by atoms with Crippen molar-refractivity contribution in [3.8, 4) is 0 Å². The van der Waals surface area contributed by atoms with Crippen LogP contribution < -0.4 is 0 Å². The molecule has 0 aliphatic carbocycles. The molecule has 0 heterocycles. The van der Waals surface area contributed by atoms with Gasteiger partial charge in [0, 0.05) is 0 Å². The molecule has 0 amide bonds. The predicted molar refractivity (Wildman–Crippen MR) is 19.7 cm³/mol. The molecule has 0 aromatic carbocycles. The van der Waals surface area contributed by atoms with E-state index in [0.29, 0.717) is 4.62 Å². The van der Waals surface area contributed by atoms with Crippen molar-refractivity contribution < 1.29 is 7.81 Å².